The number of hydrogen-bond donors (Lipinski definition) is 2. The fraction of sp³-hybridized carbons (Fsp3) is 0.389. The van der Waals surface area contributed by atoms with Gasteiger partial charge in [-0.15, -0.1) is 0 Å². The molecule has 2 aliphatic heterocycles. The van der Waals surface area contributed by atoms with E-state index >= 15 is 0 Å². The molecule has 126 valence electrons. The minimum Gasteiger partial charge on any atom is -0.482 e. The Kier molecular flexibility index (Phi) is 4.44. The van der Waals surface area contributed by atoms with Crippen molar-refractivity contribution >= 4 is 0 Å². The zero-order valence-electron chi connectivity index (χ0n) is 13.1. The maximum absolute atomic E-state index is 10.8. The van der Waals surface area contributed by atoms with E-state index in [1.807, 2.05) is 42.5 Å². The van der Waals surface area contributed by atoms with Crippen LogP contribution in [0.4, 0.5) is 0 Å². The fourth-order valence-corrected chi connectivity index (χ4v) is 3.16. The Morgan fingerprint density at radius 3 is 2.75 bits per heavy atom. The van der Waals surface area contributed by atoms with Crippen molar-refractivity contribution in [2.24, 2.45) is 0 Å². The van der Waals surface area contributed by atoms with Gasteiger partial charge in [-0.3, -0.25) is 4.98 Å². The maximum atomic E-state index is 10.8. The first-order chi connectivity index (χ1) is 11.8. The summed E-state index contributed by atoms with van der Waals surface area (Å²) >= 11 is 0. The van der Waals surface area contributed by atoms with E-state index in [9.17, 15) is 5.11 Å². The van der Waals surface area contributed by atoms with Crippen LogP contribution in [0.2, 0.25) is 0 Å². The van der Waals surface area contributed by atoms with E-state index in [2.05, 4.69) is 10.3 Å². The number of hydrogen-bond acceptors (Lipinski definition) is 6. The summed E-state index contributed by atoms with van der Waals surface area (Å²) in [5.41, 5.74) is 1.10. The molecule has 5 unspecified atom stereocenters. The summed E-state index contributed by atoms with van der Waals surface area (Å²) in [6.07, 6.45) is 1.49. The minimum atomic E-state index is -0.724. The highest BCUT2D eigenvalue weighted by Gasteiger charge is 2.51. The van der Waals surface area contributed by atoms with E-state index in [0.29, 0.717) is 18.9 Å². The first-order valence-electron chi connectivity index (χ1n) is 8.10. The summed E-state index contributed by atoms with van der Waals surface area (Å²) in [4.78, 5) is 4.01. The lowest BCUT2D eigenvalue weighted by Gasteiger charge is -2.38. The molecule has 2 bridgehead atoms. The van der Waals surface area contributed by atoms with Crippen LogP contribution in [-0.4, -0.2) is 47.3 Å². The molecule has 0 aliphatic carbocycles. The van der Waals surface area contributed by atoms with Gasteiger partial charge >= 0.3 is 0 Å². The van der Waals surface area contributed by atoms with Crippen LogP contribution < -0.4 is 10.1 Å². The quantitative estimate of drug-likeness (QED) is 0.856. The predicted molar refractivity (Wildman–Crippen MR) is 86.3 cm³/mol. The van der Waals surface area contributed by atoms with Gasteiger partial charge < -0.3 is 24.6 Å². The van der Waals surface area contributed by atoms with Crippen molar-refractivity contribution in [1.82, 2.24) is 10.3 Å². The van der Waals surface area contributed by atoms with Crippen molar-refractivity contribution in [1.29, 1.82) is 0 Å². The zero-order valence-corrected chi connectivity index (χ0v) is 13.1. The summed E-state index contributed by atoms with van der Waals surface area (Å²) in [5, 5.41) is 14.2. The number of para-hydroxylation sites is 1. The van der Waals surface area contributed by atoms with Gasteiger partial charge in [0.25, 0.3) is 0 Å². The van der Waals surface area contributed by atoms with E-state index < -0.39 is 18.5 Å². The summed E-state index contributed by atoms with van der Waals surface area (Å²) in [7, 11) is 0. The minimum absolute atomic E-state index is 0.178. The highest BCUT2D eigenvalue weighted by molar-refractivity contribution is 5.22. The first kappa shape index (κ1) is 15.5. The number of aromatic nitrogens is 1. The molecule has 2 N–H and O–H groups in total. The Labute approximate surface area is 140 Å². The third kappa shape index (κ3) is 3.14. The van der Waals surface area contributed by atoms with Crippen LogP contribution in [0.5, 0.6) is 5.75 Å². The molecular formula is C18H20N2O4. The van der Waals surface area contributed by atoms with Gasteiger partial charge in [0.15, 0.2) is 12.4 Å². The summed E-state index contributed by atoms with van der Waals surface area (Å²) in [5.74, 6) is 0.687. The monoisotopic (exact) mass is 328 g/mol. The third-order valence-electron chi connectivity index (χ3n) is 4.41. The van der Waals surface area contributed by atoms with E-state index in [1.54, 1.807) is 12.4 Å². The number of pyridine rings is 1. The Balaban J connectivity index is 1.46. The molecule has 3 heterocycles. The highest BCUT2D eigenvalue weighted by Crippen LogP contribution is 2.31. The second kappa shape index (κ2) is 6.86. The van der Waals surface area contributed by atoms with E-state index in [1.165, 1.54) is 0 Å². The number of aliphatic hydroxyl groups excluding tert-OH is 1. The van der Waals surface area contributed by atoms with Crippen molar-refractivity contribution in [3.05, 3.63) is 60.4 Å². The van der Waals surface area contributed by atoms with E-state index in [4.69, 9.17) is 14.2 Å². The highest BCUT2D eigenvalue weighted by atomic mass is 16.7. The number of nitrogens with one attached hydrogen (secondary N) is 1. The van der Waals surface area contributed by atoms with Crippen LogP contribution >= 0.6 is 0 Å². The topological polar surface area (TPSA) is 72.8 Å². The molecule has 0 spiro atoms. The first-order valence-corrected chi connectivity index (χ1v) is 8.10. The molecule has 2 saturated heterocycles. The molecule has 6 heteroatoms. The van der Waals surface area contributed by atoms with Gasteiger partial charge in [-0.05, 0) is 29.8 Å². The van der Waals surface area contributed by atoms with Gasteiger partial charge in [0.1, 0.15) is 18.0 Å². The number of aliphatic hydroxyl groups is 1. The molecule has 24 heavy (non-hydrogen) atoms. The number of rotatable bonds is 5. The fourth-order valence-electron chi connectivity index (χ4n) is 3.16. The molecule has 6 nitrogen and oxygen atoms in total. The molecule has 0 saturated carbocycles. The van der Waals surface area contributed by atoms with E-state index in [-0.39, 0.29) is 12.1 Å². The molecule has 2 fully saturated rings. The van der Waals surface area contributed by atoms with Crippen molar-refractivity contribution in [3.63, 3.8) is 0 Å². The zero-order chi connectivity index (χ0) is 16.4. The molecule has 2 aromatic rings. The SMILES string of the molecule is OC1C(NCc2ccncc2)C2COC(O2)C1Oc1ccccc1. The number of fused-ring (bicyclic) bond motifs is 2. The van der Waals surface area contributed by atoms with Crippen LogP contribution in [0.3, 0.4) is 0 Å². The lowest BCUT2D eigenvalue weighted by atomic mass is 9.97. The number of nitrogens with zero attached hydrogens (tertiary/aromatic N) is 1. The van der Waals surface area contributed by atoms with Gasteiger partial charge in [-0.25, -0.2) is 0 Å². The Hall–Kier alpha value is -1.99. The molecule has 1 aromatic carbocycles. The van der Waals surface area contributed by atoms with E-state index in [0.717, 1.165) is 5.56 Å². The predicted octanol–water partition coefficient (Wildman–Crippen LogP) is 1.10. The lowest BCUT2D eigenvalue weighted by Crippen LogP contribution is -2.61. The summed E-state index contributed by atoms with van der Waals surface area (Å²) in [6.45, 7) is 1.07. The Morgan fingerprint density at radius 1 is 1.17 bits per heavy atom. The van der Waals surface area contributed by atoms with Gasteiger partial charge in [-0.2, -0.15) is 0 Å². The van der Waals surface area contributed by atoms with Crippen molar-refractivity contribution in [2.45, 2.75) is 37.2 Å². The Morgan fingerprint density at radius 2 is 1.96 bits per heavy atom. The largest absolute Gasteiger partial charge is 0.482 e. The number of benzene rings is 1. The summed E-state index contributed by atoms with van der Waals surface area (Å²) in [6, 6.07) is 13.0. The maximum Gasteiger partial charge on any atom is 0.197 e. The molecular weight excluding hydrogens is 308 g/mol. The average Bonchev–Trinajstić information content (AvgIpc) is 3.06. The van der Waals surface area contributed by atoms with Crippen molar-refractivity contribution < 1.29 is 19.3 Å². The second-order valence-electron chi connectivity index (χ2n) is 6.02. The van der Waals surface area contributed by atoms with Crippen LogP contribution in [0.15, 0.2) is 54.9 Å². The third-order valence-corrected chi connectivity index (χ3v) is 4.41. The van der Waals surface area contributed by atoms with Crippen LogP contribution in [0.1, 0.15) is 5.56 Å². The van der Waals surface area contributed by atoms with Crippen LogP contribution in [0.25, 0.3) is 0 Å². The van der Waals surface area contributed by atoms with Gasteiger partial charge in [0, 0.05) is 18.9 Å². The molecule has 4 rings (SSSR count). The normalized spacial score (nSPS) is 31.8. The average molecular weight is 328 g/mol. The molecule has 0 radical (unpaired) electrons. The molecule has 0 amide bonds. The standard InChI is InChI=1S/C18H20N2O4/c21-16-15(20-10-12-6-8-19-9-7-12)14-11-22-18(24-14)17(16)23-13-4-2-1-3-5-13/h1-9,14-18,20-21H,10-11H2. The molecule has 2 aliphatic rings. The van der Waals surface area contributed by atoms with Gasteiger partial charge in [0.05, 0.1) is 12.6 Å². The lowest BCUT2D eigenvalue weighted by molar-refractivity contribution is -0.193. The Bertz CT molecular complexity index is 655. The van der Waals surface area contributed by atoms with Crippen molar-refractivity contribution in [3.8, 4) is 5.75 Å². The number of ether oxygens (including phenoxy) is 3. The van der Waals surface area contributed by atoms with Crippen LogP contribution in [0, 0.1) is 0 Å². The van der Waals surface area contributed by atoms with Crippen molar-refractivity contribution in [2.75, 3.05) is 6.61 Å². The van der Waals surface area contributed by atoms with Gasteiger partial charge in [0.2, 0.25) is 0 Å². The smallest absolute Gasteiger partial charge is 0.197 e. The molecule has 1 aromatic heterocycles. The molecule has 5 atom stereocenters. The summed E-state index contributed by atoms with van der Waals surface area (Å²) < 4.78 is 17.5. The second-order valence-corrected chi connectivity index (χ2v) is 6.02. The van der Waals surface area contributed by atoms with Crippen LogP contribution in [-0.2, 0) is 16.0 Å². The van der Waals surface area contributed by atoms with Gasteiger partial charge in [-0.1, -0.05) is 18.2 Å².